The predicted octanol–water partition coefficient (Wildman–Crippen LogP) is 2.47. The lowest BCUT2D eigenvalue weighted by molar-refractivity contribution is 0.949. The monoisotopic (exact) mass is 252 g/mol. The van der Waals surface area contributed by atoms with Gasteiger partial charge in [-0.25, -0.2) is 9.97 Å². The molecule has 2 N–H and O–H groups in total. The first kappa shape index (κ1) is 11.9. The molecular weight excluding hydrogens is 236 g/mol. The van der Waals surface area contributed by atoms with Gasteiger partial charge in [0.1, 0.15) is 0 Å². The van der Waals surface area contributed by atoms with Crippen LogP contribution >= 0.6 is 0 Å². The summed E-state index contributed by atoms with van der Waals surface area (Å²) in [6.45, 7) is 4.65. The van der Waals surface area contributed by atoms with Crippen LogP contribution in [0.25, 0.3) is 17.0 Å². The van der Waals surface area contributed by atoms with Gasteiger partial charge in [0.2, 0.25) is 5.78 Å². The lowest BCUT2D eigenvalue weighted by atomic mass is 10.0. The topological polar surface area (TPSA) is 56.2 Å². The van der Waals surface area contributed by atoms with Crippen molar-refractivity contribution in [2.45, 2.75) is 20.4 Å². The Morgan fingerprint density at radius 3 is 2.79 bits per heavy atom. The third-order valence-electron chi connectivity index (χ3n) is 3.48. The largest absolute Gasteiger partial charge is 0.325 e. The molecular formula is C15H16N4. The summed E-state index contributed by atoms with van der Waals surface area (Å²) in [7, 11) is 0. The van der Waals surface area contributed by atoms with E-state index in [-0.39, 0.29) is 0 Å². The number of aromatic nitrogens is 3. The van der Waals surface area contributed by atoms with Crippen LogP contribution in [0.4, 0.5) is 0 Å². The van der Waals surface area contributed by atoms with E-state index >= 15 is 0 Å². The molecule has 0 fully saturated rings. The molecule has 0 amide bonds. The fourth-order valence-electron chi connectivity index (χ4n) is 2.25. The average Bonchev–Trinajstić information content (AvgIpc) is 2.80. The van der Waals surface area contributed by atoms with Crippen LogP contribution in [0.5, 0.6) is 0 Å². The summed E-state index contributed by atoms with van der Waals surface area (Å²) in [5.74, 6) is 0.691. The zero-order valence-corrected chi connectivity index (χ0v) is 11.1. The zero-order valence-electron chi connectivity index (χ0n) is 11.1. The van der Waals surface area contributed by atoms with E-state index in [4.69, 9.17) is 5.73 Å². The van der Waals surface area contributed by atoms with Crippen molar-refractivity contribution in [2.24, 2.45) is 5.73 Å². The number of hydrogen-bond acceptors (Lipinski definition) is 3. The number of aryl methyl sites for hydroxylation is 2. The summed E-state index contributed by atoms with van der Waals surface area (Å²) in [6.07, 6.45) is 3.69. The van der Waals surface area contributed by atoms with Gasteiger partial charge >= 0.3 is 0 Å². The molecule has 96 valence electrons. The average molecular weight is 252 g/mol. The van der Waals surface area contributed by atoms with Crippen molar-refractivity contribution in [3.8, 4) is 11.3 Å². The fourth-order valence-corrected chi connectivity index (χ4v) is 2.25. The highest BCUT2D eigenvalue weighted by Crippen LogP contribution is 2.25. The molecule has 0 aliphatic heterocycles. The van der Waals surface area contributed by atoms with E-state index in [1.165, 1.54) is 11.1 Å². The number of rotatable bonds is 2. The van der Waals surface area contributed by atoms with E-state index in [1.807, 2.05) is 16.7 Å². The highest BCUT2D eigenvalue weighted by molar-refractivity contribution is 5.66. The van der Waals surface area contributed by atoms with Crippen molar-refractivity contribution in [3.63, 3.8) is 0 Å². The third kappa shape index (κ3) is 1.90. The molecule has 0 saturated carbocycles. The fraction of sp³-hybridized carbons (Fsp3) is 0.200. The van der Waals surface area contributed by atoms with Gasteiger partial charge in [0.05, 0.1) is 11.4 Å². The highest BCUT2D eigenvalue weighted by atomic mass is 15.1. The van der Waals surface area contributed by atoms with Gasteiger partial charge in [-0.15, -0.1) is 0 Å². The van der Waals surface area contributed by atoms with Crippen molar-refractivity contribution in [3.05, 3.63) is 53.5 Å². The predicted molar refractivity (Wildman–Crippen MR) is 75.8 cm³/mol. The minimum Gasteiger partial charge on any atom is -0.325 e. The van der Waals surface area contributed by atoms with E-state index in [9.17, 15) is 0 Å². The molecule has 4 nitrogen and oxygen atoms in total. The van der Waals surface area contributed by atoms with Crippen LogP contribution in [0.2, 0.25) is 0 Å². The molecule has 4 heteroatoms. The second-order valence-corrected chi connectivity index (χ2v) is 4.70. The smallest absolute Gasteiger partial charge is 0.234 e. The van der Waals surface area contributed by atoms with Crippen LogP contribution in [0.15, 0.2) is 36.7 Å². The molecule has 1 aromatic carbocycles. The molecule has 0 aliphatic carbocycles. The van der Waals surface area contributed by atoms with Crippen LogP contribution in [-0.2, 0) is 6.54 Å². The Morgan fingerprint density at radius 2 is 2.05 bits per heavy atom. The summed E-state index contributed by atoms with van der Waals surface area (Å²) in [4.78, 5) is 8.87. The lowest BCUT2D eigenvalue weighted by Crippen LogP contribution is -2.02. The molecule has 0 bridgehead atoms. The summed E-state index contributed by atoms with van der Waals surface area (Å²) >= 11 is 0. The maximum absolute atomic E-state index is 5.88. The Morgan fingerprint density at radius 1 is 1.21 bits per heavy atom. The first-order valence-corrected chi connectivity index (χ1v) is 6.30. The quantitative estimate of drug-likeness (QED) is 0.762. The number of imidazole rings is 1. The summed E-state index contributed by atoms with van der Waals surface area (Å²) in [6, 6.07) is 8.24. The van der Waals surface area contributed by atoms with E-state index in [1.54, 1.807) is 6.20 Å². The Kier molecular flexibility index (Phi) is 2.80. The van der Waals surface area contributed by atoms with E-state index in [2.05, 4.69) is 42.0 Å². The molecule has 3 aromatic rings. The van der Waals surface area contributed by atoms with Gasteiger partial charge in [-0.3, -0.25) is 4.40 Å². The van der Waals surface area contributed by atoms with Crippen LogP contribution < -0.4 is 5.73 Å². The van der Waals surface area contributed by atoms with E-state index < -0.39 is 0 Å². The lowest BCUT2D eigenvalue weighted by Gasteiger charge is -2.05. The zero-order chi connectivity index (χ0) is 13.4. The number of benzene rings is 1. The highest BCUT2D eigenvalue weighted by Gasteiger charge is 2.13. The molecule has 19 heavy (non-hydrogen) atoms. The number of hydrogen-bond donors (Lipinski definition) is 1. The van der Waals surface area contributed by atoms with Crippen molar-refractivity contribution >= 4 is 5.78 Å². The number of fused-ring (bicyclic) bond motifs is 1. The summed E-state index contributed by atoms with van der Waals surface area (Å²) < 4.78 is 1.95. The Bertz CT molecular complexity index is 743. The Hall–Kier alpha value is -2.20. The third-order valence-corrected chi connectivity index (χ3v) is 3.48. The molecule has 0 aliphatic rings. The molecule has 2 heterocycles. The van der Waals surface area contributed by atoms with Crippen molar-refractivity contribution in [2.75, 3.05) is 0 Å². The molecule has 0 atom stereocenters. The first-order valence-electron chi connectivity index (χ1n) is 6.30. The van der Waals surface area contributed by atoms with Gasteiger partial charge < -0.3 is 5.73 Å². The number of nitrogens with zero attached hydrogens (tertiary/aromatic N) is 3. The van der Waals surface area contributed by atoms with Gasteiger partial charge in [0.25, 0.3) is 0 Å². The van der Waals surface area contributed by atoms with Crippen molar-refractivity contribution in [1.82, 2.24) is 14.4 Å². The SMILES string of the molecule is Cc1ccc(-c2nc3ncccn3c2CN)cc1C. The molecule has 3 rings (SSSR count). The normalized spacial score (nSPS) is 11.1. The van der Waals surface area contributed by atoms with Crippen molar-refractivity contribution in [1.29, 1.82) is 0 Å². The van der Waals surface area contributed by atoms with E-state index in [0.717, 1.165) is 17.0 Å². The van der Waals surface area contributed by atoms with E-state index in [0.29, 0.717) is 12.3 Å². The molecule has 0 saturated heterocycles. The number of nitrogens with two attached hydrogens (primary N) is 1. The van der Waals surface area contributed by atoms with Gasteiger partial charge in [-0.2, -0.15) is 0 Å². The molecule has 0 spiro atoms. The summed E-state index contributed by atoms with van der Waals surface area (Å²) in [5, 5.41) is 0. The molecule has 0 radical (unpaired) electrons. The van der Waals surface area contributed by atoms with Crippen LogP contribution in [0, 0.1) is 13.8 Å². The van der Waals surface area contributed by atoms with Gasteiger partial charge in [0.15, 0.2) is 0 Å². The molecule has 2 aromatic heterocycles. The first-order chi connectivity index (χ1) is 9.20. The maximum Gasteiger partial charge on any atom is 0.234 e. The minimum atomic E-state index is 0.440. The Balaban J connectivity index is 2.26. The van der Waals surface area contributed by atoms with Gasteiger partial charge in [-0.1, -0.05) is 12.1 Å². The standard InChI is InChI=1S/C15H16N4/c1-10-4-5-12(8-11(10)2)14-13(9-16)19-7-3-6-17-15(19)18-14/h3-8H,9,16H2,1-2H3. The Labute approximate surface area is 111 Å². The minimum absolute atomic E-state index is 0.440. The second-order valence-electron chi connectivity index (χ2n) is 4.70. The summed E-state index contributed by atoms with van der Waals surface area (Å²) in [5.41, 5.74) is 11.4. The van der Waals surface area contributed by atoms with Gasteiger partial charge in [0, 0.05) is 24.5 Å². The van der Waals surface area contributed by atoms with Crippen LogP contribution in [0.1, 0.15) is 16.8 Å². The second kappa shape index (κ2) is 4.48. The van der Waals surface area contributed by atoms with Gasteiger partial charge in [-0.05, 0) is 37.1 Å². The maximum atomic E-state index is 5.88. The van der Waals surface area contributed by atoms with Crippen LogP contribution in [-0.4, -0.2) is 14.4 Å². The van der Waals surface area contributed by atoms with Crippen LogP contribution in [0.3, 0.4) is 0 Å². The van der Waals surface area contributed by atoms with Crippen molar-refractivity contribution < 1.29 is 0 Å². The molecule has 0 unspecified atom stereocenters.